The van der Waals surface area contributed by atoms with E-state index in [1.807, 2.05) is 66.7 Å². The average molecular weight is 500 g/mol. The number of hydrazine groups is 1. The maximum Gasteiger partial charge on any atom is 0.429 e. The summed E-state index contributed by atoms with van der Waals surface area (Å²) in [6.45, 7) is 0.122. The molecular formula is C29H29N3O3S. The van der Waals surface area contributed by atoms with E-state index in [0.717, 1.165) is 18.3 Å². The number of fused-ring (bicyclic) bond motifs is 1. The summed E-state index contributed by atoms with van der Waals surface area (Å²) in [7, 11) is 0. The van der Waals surface area contributed by atoms with Crippen LogP contribution in [0.15, 0.2) is 84.2 Å². The molecule has 6 nitrogen and oxygen atoms in total. The summed E-state index contributed by atoms with van der Waals surface area (Å²) in [5, 5.41) is 4.62. The molecular weight excluding hydrogens is 470 g/mol. The second-order valence-corrected chi connectivity index (χ2v) is 10.1. The Bertz CT molecular complexity index is 1320. The first-order valence-corrected chi connectivity index (χ1v) is 13.0. The van der Waals surface area contributed by atoms with Crippen LogP contribution in [0, 0.1) is 0 Å². The van der Waals surface area contributed by atoms with Gasteiger partial charge in [0.05, 0.1) is 5.69 Å². The number of hydrogen-bond acceptors (Lipinski definition) is 6. The number of aryl methyl sites for hydroxylation is 1. The van der Waals surface area contributed by atoms with Crippen LogP contribution >= 0.6 is 11.3 Å². The fraction of sp³-hybridized carbons (Fsp3) is 0.241. The van der Waals surface area contributed by atoms with E-state index in [1.54, 1.807) is 11.3 Å². The lowest BCUT2D eigenvalue weighted by Gasteiger charge is -2.29. The summed E-state index contributed by atoms with van der Waals surface area (Å²) in [6.07, 6.45) is 2.33. The van der Waals surface area contributed by atoms with Gasteiger partial charge in [0.25, 0.3) is 0 Å². The molecule has 0 radical (unpaired) electrons. The number of rotatable bonds is 10. The zero-order chi connectivity index (χ0) is 24.9. The first-order chi connectivity index (χ1) is 17.6. The molecule has 0 bridgehead atoms. The van der Waals surface area contributed by atoms with E-state index in [9.17, 15) is 9.59 Å². The van der Waals surface area contributed by atoms with Crippen molar-refractivity contribution in [1.29, 1.82) is 0 Å². The van der Waals surface area contributed by atoms with Crippen molar-refractivity contribution in [3.8, 4) is 0 Å². The number of nitrogens with two attached hydrogens (primary N) is 1. The maximum absolute atomic E-state index is 13.2. The quantitative estimate of drug-likeness (QED) is 0.210. The van der Waals surface area contributed by atoms with Crippen molar-refractivity contribution in [2.24, 2.45) is 5.73 Å². The number of ether oxygens (including phenoxy) is 1. The Morgan fingerprint density at radius 3 is 2.53 bits per heavy atom. The van der Waals surface area contributed by atoms with Crippen molar-refractivity contribution in [3.05, 3.63) is 101 Å². The van der Waals surface area contributed by atoms with Gasteiger partial charge >= 0.3 is 6.09 Å². The van der Waals surface area contributed by atoms with Gasteiger partial charge in [0.1, 0.15) is 18.9 Å². The van der Waals surface area contributed by atoms with Crippen LogP contribution in [0.3, 0.4) is 0 Å². The Morgan fingerprint density at radius 1 is 1.08 bits per heavy atom. The maximum atomic E-state index is 13.2. The molecule has 1 amide bonds. The molecule has 1 fully saturated rings. The molecule has 0 aliphatic heterocycles. The van der Waals surface area contributed by atoms with Crippen molar-refractivity contribution < 1.29 is 14.3 Å². The van der Waals surface area contributed by atoms with Gasteiger partial charge in [-0.1, -0.05) is 60.7 Å². The van der Waals surface area contributed by atoms with Crippen molar-refractivity contribution >= 4 is 39.5 Å². The molecule has 36 heavy (non-hydrogen) atoms. The Kier molecular flexibility index (Phi) is 7.30. The number of nitrogens with one attached hydrogen (secondary N) is 1. The Balaban J connectivity index is 1.32. The molecule has 7 heteroatoms. The molecule has 3 N–H and O–H groups in total. The van der Waals surface area contributed by atoms with Crippen molar-refractivity contribution in [2.45, 2.75) is 43.9 Å². The minimum atomic E-state index is -0.705. The summed E-state index contributed by atoms with van der Waals surface area (Å²) in [6, 6.07) is 25.1. The van der Waals surface area contributed by atoms with E-state index in [4.69, 9.17) is 10.5 Å². The van der Waals surface area contributed by atoms with Gasteiger partial charge in [-0.05, 0) is 64.9 Å². The molecule has 3 atom stereocenters. The molecule has 1 heterocycles. The third kappa shape index (κ3) is 5.58. The van der Waals surface area contributed by atoms with E-state index in [1.165, 1.54) is 26.2 Å². The normalized spacial score (nSPS) is 17.4. The second kappa shape index (κ2) is 10.9. The number of thiophene rings is 1. The molecule has 1 aliphatic carbocycles. The van der Waals surface area contributed by atoms with E-state index in [-0.39, 0.29) is 12.6 Å². The number of carbonyl (C=O) groups is 2. The van der Waals surface area contributed by atoms with Crippen LogP contribution in [0.1, 0.15) is 35.4 Å². The van der Waals surface area contributed by atoms with Crippen molar-refractivity contribution in [3.63, 3.8) is 0 Å². The SMILES string of the molecule is N[C@@H]1C[C@H]1c1ccc(NN(C(=O)OCc2ccccc2)C(C=O)CCc2csc3ccccc23)cc1. The monoisotopic (exact) mass is 499 g/mol. The highest BCUT2D eigenvalue weighted by Crippen LogP contribution is 2.39. The highest BCUT2D eigenvalue weighted by atomic mass is 32.1. The predicted octanol–water partition coefficient (Wildman–Crippen LogP) is 5.88. The standard InChI is InChI=1S/C29H29N3O3S/c30-27-16-26(27)21-10-13-23(14-11-21)31-32(29(34)35-18-20-6-2-1-3-7-20)24(17-33)15-12-22-19-36-28-9-5-4-8-25(22)28/h1-11,13-14,17,19,24,26-27,31H,12,15-16,18,30H2/t24?,26-,27+/m0/s1. The number of nitrogens with zero attached hydrogens (tertiary/aromatic N) is 1. The molecule has 1 aromatic heterocycles. The fourth-order valence-corrected chi connectivity index (χ4v) is 5.38. The lowest BCUT2D eigenvalue weighted by atomic mass is 10.0. The van der Waals surface area contributed by atoms with Gasteiger partial charge < -0.3 is 15.3 Å². The Hall–Kier alpha value is -3.68. The van der Waals surface area contributed by atoms with Crippen LogP contribution in [0.5, 0.6) is 0 Å². The molecule has 5 rings (SSSR count). The number of aldehydes is 1. The molecule has 4 aromatic rings. The van der Waals surface area contributed by atoms with Crippen LogP contribution in [0.4, 0.5) is 10.5 Å². The third-order valence-electron chi connectivity index (χ3n) is 6.59. The molecule has 1 aliphatic rings. The van der Waals surface area contributed by atoms with Crippen LogP contribution in [0.25, 0.3) is 10.1 Å². The third-order valence-corrected chi connectivity index (χ3v) is 7.60. The van der Waals surface area contributed by atoms with Gasteiger partial charge in [0.2, 0.25) is 0 Å². The van der Waals surface area contributed by atoms with Crippen LogP contribution in [-0.4, -0.2) is 29.5 Å². The van der Waals surface area contributed by atoms with Crippen molar-refractivity contribution in [1.82, 2.24) is 5.01 Å². The highest BCUT2D eigenvalue weighted by molar-refractivity contribution is 7.17. The predicted molar refractivity (Wildman–Crippen MR) is 144 cm³/mol. The van der Waals surface area contributed by atoms with E-state index in [0.29, 0.717) is 24.4 Å². The minimum Gasteiger partial charge on any atom is -0.443 e. The van der Waals surface area contributed by atoms with E-state index < -0.39 is 12.1 Å². The largest absolute Gasteiger partial charge is 0.443 e. The summed E-state index contributed by atoms with van der Waals surface area (Å²) in [5.74, 6) is 0.397. The molecule has 1 saturated carbocycles. The van der Waals surface area contributed by atoms with E-state index in [2.05, 4.69) is 22.9 Å². The van der Waals surface area contributed by atoms with Crippen molar-refractivity contribution in [2.75, 3.05) is 5.43 Å². The number of benzene rings is 3. The number of carbonyl (C=O) groups excluding carboxylic acids is 2. The molecule has 1 unspecified atom stereocenters. The zero-order valence-electron chi connectivity index (χ0n) is 19.9. The van der Waals surface area contributed by atoms with Gasteiger partial charge in [-0.2, -0.15) is 0 Å². The van der Waals surface area contributed by atoms with Gasteiger partial charge in [0, 0.05) is 16.7 Å². The number of hydrogen-bond donors (Lipinski definition) is 2. The van der Waals surface area contributed by atoms with Gasteiger partial charge in [-0.25, -0.2) is 9.80 Å². The topological polar surface area (TPSA) is 84.7 Å². The van der Waals surface area contributed by atoms with E-state index >= 15 is 0 Å². The van der Waals surface area contributed by atoms with Crippen LogP contribution in [0.2, 0.25) is 0 Å². The number of amides is 1. The first-order valence-electron chi connectivity index (χ1n) is 12.1. The van der Waals surface area contributed by atoms with Gasteiger partial charge in [0.15, 0.2) is 0 Å². The Labute approximate surface area is 214 Å². The molecule has 0 spiro atoms. The number of anilines is 1. The van der Waals surface area contributed by atoms with Gasteiger partial charge in [-0.3, -0.25) is 5.43 Å². The summed E-state index contributed by atoms with van der Waals surface area (Å²) in [5.41, 5.74) is 13.0. The highest BCUT2D eigenvalue weighted by Gasteiger charge is 2.34. The average Bonchev–Trinajstić information content (AvgIpc) is 3.51. The van der Waals surface area contributed by atoms with Gasteiger partial charge in [-0.15, -0.1) is 11.3 Å². The summed E-state index contributed by atoms with van der Waals surface area (Å²) >= 11 is 1.69. The molecule has 0 saturated heterocycles. The lowest BCUT2D eigenvalue weighted by molar-refractivity contribution is -0.111. The molecule has 184 valence electrons. The summed E-state index contributed by atoms with van der Waals surface area (Å²) < 4.78 is 6.80. The summed E-state index contributed by atoms with van der Waals surface area (Å²) in [4.78, 5) is 25.4. The second-order valence-electron chi connectivity index (χ2n) is 9.15. The smallest absolute Gasteiger partial charge is 0.429 e. The lowest BCUT2D eigenvalue weighted by Crippen LogP contribution is -2.45. The fourth-order valence-electron chi connectivity index (χ4n) is 4.38. The van der Waals surface area contributed by atoms with Crippen LogP contribution < -0.4 is 11.2 Å². The van der Waals surface area contributed by atoms with Crippen LogP contribution in [-0.2, 0) is 22.6 Å². The molecule has 3 aromatic carbocycles. The Morgan fingerprint density at radius 2 is 1.81 bits per heavy atom. The zero-order valence-corrected chi connectivity index (χ0v) is 20.7. The minimum absolute atomic E-state index is 0.122. The first kappa shape index (κ1) is 24.0.